The molecule has 4 nitrogen and oxygen atoms in total. The lowest BCUT2D eigenvalue weighted by molar-refractivity contribution is -0.132. The van der Waals surface area contributed by atoms with Crippen molar-refractivity contribution in [2.45, 2.75) is 6.92 Å². The number of rotatable bonds is 2. The molecule has 0 spiro atoms. The fraction of sp³-hybridized carbons (Fsp3) is 0.0909. The molecule has 4 heteroatoms. The van der Waals surface area contributed by atoms with Crippen molar-refractivity contribution in [1.82, 2.24) is 0 Å². The SMILES string of the molecule is C=C(C)C(=O)O.O=Cc1ccc(O)cc1. The molecule has 0 bridgehead atoms. The van der Waals surface area contributed by atoms with Crippen molar-refractivity contribution < 1.29 is 19.8 Å². The molecule has 0 aliphatic heterocycles. The first kappa shape index (κ1) is 12.9. The topological polar surface area (TPSA) is 74.6 Å². The van der Waals surface area contributed by atoms with Crippen LogP contribution in [-0.4, -0.2) is 22.5 Å². The Bertz CT molecular complexity index is 339. The van der Waals surface area contributed by atoms with E-state index in [0.29, 0.717) is 5.56 Å². The lowest BCUT2D eigenvalue weighted by Crippen LogP contribution is -1.92. The molecule has 0 aromatic heterocycles. The quantitative estimate of drug-likeness (QED) is 0.574. The standard InChI is InChI=1S/C7H6O2.C4H6O2/c8-5-6-1-3-7(9)4-2-6;1-3(2)4(5)6/h1-5,9H;1H2,2H3,(H,5,6). The maximum absolute atomic E-state index is 10.0. The number of phenols is 1. The number of aldehydes is 1. The Morgan fingerprint density at radius 3 is 2.00 bits per heavy atom. The molecule has 0 heterocycles. The minimum absolute atomic E-state index is 0.176. The molecular weight excluding hydrogens is 196 g/mol. The van der Waals surface area contributed by atoms with Crippen molar-refractivity contribution in [2.75, 3.05) is 0 Å². The average Bonchev–Trinajstić information content (AvgIpc) is 2.20. The van der Waals surface area contributed by atoms with Crippen LogP contribution in [0.1, 0.15) is 17.3 Å². The van der Waals surface area contributed by atoms with Crippen LogP contribution < -0.4 is 0 Å². The average molecular weight is 208 g/mol. The van der Waals surface area contributed by atoms with E-state index in [1.165, 1.54) is 19.1 Å². The van der Waals surface area contributed by atoms with Gasteiger partial charge >= 0.3 is 5.97 Å². The van der Waals surface area contributed by atoms with Crippen LogP contribution in [0.25, 0.3) is 0 Å². The minimum Gasteiger partial charge on any atom is -0.508 e. The van der Waals surface area contributed by atoms with Gasteiger partial charge in [-0.15, -0.1) is 0 Å². The van der Waals surface area contributed by atoms with Crippen LogP contribution >= 0.6 is 0 Å². The van der Waals surface area contributed by atoms with Gasteiger partial charge in [0.1, 0.15) is 12.0 Å². The molecule has 1 aromatic rings. The molecule has 1 aromatic carbocycles. The predicted molar refractivity (Wildman–Crippen MR) is 55.9 cm³/mol. The van der Waals surface area contributed by atoms with Gasteiger partial charge in [0.25, 0.3) is 0 Å². The highest BCUT2D eigenvalue weighted by molar-refractivity contribution is 5.84. The summed E-state index contributed by atoms with van der Waals surface area (Å²) in [5.41, 5.74) is 0.753. The molecule has 80 valence electrons. The smallest absolute Gasteiger partial charge is 0.330 e. The third kappa shape index (κ3) is 6.04. The van der Waals surface area contributed by atoms with E-state index in [9.17, 15) is 9.59 Å². The Kier molecular flexibility index (Phi) is 5.48. The number of carbonyl (C=O) groups excluding carboxylic acids is 1. The van der Waals surface area contributed by atoms with E-state index in [1.54, 1.807) is 12.1 Å². The largest absolute Gasteiger partial charge is 0.508 e. The Hall–Kier alpha value is -2.10. The molecule has 0 saturated heterocycles. The first-order valence-electron chi connectivity index (χ1n) is 4.10. The Labute approximate surface area is 87.5 Å². The lowest BCUT2D eigenvalue weighted by Gasteiger charge is -1.88. The fourth-order valence-corrected chi connectivity index (χ4v) is 0.553. The fourth-order valence-electron chi connectivity index (χ4n) is 0.553. The zero-order chi connectivity index (χ0) is 11.8. The molecular formula is C11H12O4. The summed E-state index contributed by atoms with van der Waals surface area (Å²) in [4.78, 5) is 19.6. The number of carbonyl (C=O) groups is 2. The van der Waals surface area contributed by atoms with Crippen LogP contribution in [0, 0.1) is 0 Å². The molecule has 0 saturated carbocycles. The van der Waals surface area contributed by atoms with Crippen molar-refractivity contribution in [2.24, 2.45) is 0 Å². The van der Waals surface area contributed by atoms with Crippen LogP contribution in [0.5, 0.6) is 5.75 Å². The van der Waals surface area contributed by atoms with Crippen LogP contribution in [-0.2, 0) is 4.79 Å². The van der Waals surface area contributed by atoms with Crippen LogP contribution in [0.3, 0.4) is 0 Å². The monoisotopic (exact) mass is 208 g/mol. The molecule has 15 heavy (non-hydrogen) atoms. The number of carboxylic acid groups (broad SMARTS) is 1. The third-order valence-electron chi connectivity index (χ3n) is 1.39. The van der Waals surface area contributed by atoms with Gasteiger partial charge in [-0.05, 0) is 31.2 Å². The summed E-state index contributed by atoms with van der Waals surface area (Å²) in [6.45, 7) is 4.60. The van der Waals surface area contributed by atoms with E-state index < -0.39 is 5.97 Å². The Balaban J connectivity index is 0.000000288. The van der Waals surface area contributed by atoms with Crippen LogP contribution in [0.4, 0.5) is 0 Å². The predicted octanol–water partition coefficient (Wildman–Crippen LogP) is 1.85. The molecule has 0 atom stereocenters. The number of hydrogen-bond acceptors (Lipinski definition) is 3. The van der Waals surface area contributed by atoms with E-state index in [1.807, 2.05) is 0 Å². The van der Waals surface area contributed by atoms with Crippen molar-refractivity contribution in [3.05, 3.63) is 42.0 Å². The zero-order valence-electron chi connectivity index (χ0n) is 8.30. The number of aromatic hydroxyl groups is 1. The van der Waals surface area contributed by atoms with Gasteiger partial charge in [-0.25, -0.2) is 4.79 Å². The first-order valence-corrected chi connectivity index (χ1v) is 4.10. The number of carboxylic acids is 1. The van der Waals surface area contributed by atoms with E-state index in [2.05, 4.69) is 6.58 Å². The normalized spacial score (nSPS) is 8.33. The van der Waals surface area contributed by atoms with E-state index >= 15 is 0 Å². The molecule has 0 aliphatic rings. The summed E-state index contributed by atoms with van der Waals surface area (Å²) < 4.78 is 0. The second kappa shape index (κ2) is 6.37. The van der Waals surface area contributed by atoms with E-state index in [-0.39, 0.29) is 11.3 Å². The van der Waals surface area contributed by atoms with Crippen molar-refractivity contribution >= 4 is 12.3 Å². The molecule has 0 amide bonds. The maximum atomic E-state index is 10.0. The number of aliphatic carboxylic acids is 1. The van der Waals surface area contributed by atoms with Gasteiger partial charge in [0.05, 0.1) is 0 Å². The maximum Gasteiger partial charge on any atom is 0.330 e. The summed E-state index contributed by atoms with van der Waals surface area (Å²) >= 11 is 0. The second-order valence-corrected chi connectivity index (χ2v) is 2.79. The molecule has 0 unspecified atom stereocenters. The first-order chi connectivity index (χ1) is 6.97. The van der Waals surface area contributed by atoms with Crippen molar-refractivity contribution in [3.8, 4) is 5.75 Å². The summed E-state index contributed by atoms with van der Waals surface area (Å²) in [6.07, 6.45) is 0.736. The van der Waals surface area contributed by atoms with Crippen molar-refractivity contribution in [1.29, 1.82) is 0 Å². The molecule has 1 rings (SSSR count). The van der Waals surface area contributed by atoms with Gasteiger partial charge in [0, 0.05) is 11.1 Å². The molecule has 0 aliphatic carbocycles. The van der Waals surface area contributed by atoms with Crippen molar-refractivity contribution in [3.63, 3.8) is 0 Å². The van der Waals surface area contributed by atoms with Gasteiger partial charge in [-0.1, -0.05) is 6.58 Å². The number of hydrogen-bond donors (Lipinski definition) is 2. The van der Waals surface area contributed by atoms with Gasteiger partial charge in [0.15, 0.2) is 0 Å². The van der Waals surface area contributed by atoms with Crippen LogP contribution in [0.2, 0.25) is 0 Å². The second-order valence-electron chi connectivity index (χ2n) is 2.79. The molecule has 2 N–H and O–H groups in total. The Morgan fingerprint density at radius 1 is 1.33 bits per heavy atom. The summed E-state index contributed by atoms with van der Waals surface area (Å²) in [7, 11) is 0. The minimum atomic E-state index is -0.935. The zero-order valence-corrected chi connectivity index (χ0v) is 8.30. The van der Waals surface area contributed by atoms with E-state index in [0.717, 1.165) is 6.29 Å². The van der Waals surface area contributed by atoms with Gasteiger partial charge in [-0.2, -0.15) is 0 Å². The van der Waals surface area contributed by atoms with Crippen LogP contribution in [0.15, 0.2) is 36.4 Å². The highest BCUT2D eigenvalue weighted by Gasteiger charge is 1.90. The lowest BCUT2D eigenvalue weighted by atomic mass is 10.2. The number of phenolic OH excluding ortho intramolecular Hbond substituents is 1. The van der Waals surface area contributed by atoms with E-state index in [4.69, 9.17) is 10.2 Å². The van der Waals surface area contributed by atoms with Gasteiger partial charge in [-0.3, -0.25) is 4.79 Å². The van der Waals surface area contributed by atoms with Gasteiger partial charge in [0.2, 0.25) is 0 Å². The Morgan fingerprint density at radius 2 is 1.73 bits per heavy atom. The number of benzene rings is 1. The highest BCUT2D eigenvalue weighted by atomic mass is 16.4. The highest BCUT2D eigenvalue weighted by Crippen LogP contribution is 2.07. The molecule has 0 fully saturated rings. The molecule has 0 radical (unpaired) electrons. The third-order valence-corrected chi connectivity index (χ3v) is 1.39. The summed E-state index contributed by atoms with van der Waals surface area (Å²) in [5, 5.41) is 16.6. The van der Waals surface area contributed by atoms with Gasteiger partial charge < -0.3 is 10.2 Å². The summed E-state index contributed by atoms with van der Waals surface area (Å²) in [6, 6.07) is 6.07. The summed E-state index contributed by atoms with van der Waals surface area (Å²) in [5.74, 6) is -0.754.